The minimum absolute atomic E-state index is 0.140. The summed E-state index contributed by atoms with van der Waals surface area (Å²) in [4.78, 5) is 14.3. The molecule has 0 unspecified atom stereocenters. The number of nitrogens with zero attached hydrogens (tertiary/aromatic N) is 2. The van der Waals surface area contributed by atoms with E-state index in [2.05, 4.69) is 4.57 Å². The second kappa shape index (κ2) is 5.05. The zero-order valence-electron chi connectivity index (χ0n) is 12.2. The monoisotopic (exact) mass is 260 g/mol. The fourth-order valence-corrected chi connectivity index (χ4v) is 2.40. The lowest BCUT2D eigenvalue weighted by Gasteiger charge is -2.08. The summed E-state index contributed by atoms with van der Waals surface area (Å²) < 4.78 is 7.31. The van der Waals surface area contributed by atoms with Crippen LogP contribution in [0.15, 0.2) is 18.2 Å². The number of Topliss-reactive ketones (excluding diaryl/α,β-unsaturated/α-hetero) is 1. The highest BCUT2D eigenvalue weighted by molar-refractivity contribution is 6.10. The number of carbonyl (C=O) groups is 1. The van der Waals surface area contributed by atoms with Crippen LogP contribution < -0.4 is 4.74 Å². The third kappa shape index (κ3) is 2.36. The number of ketones is 1. The first kappa shape index (κ1) is 13.6. The van der Waals surface area contributed by atoms with Crippen molar-refractivity contribution in [1.82, 2.24) is 9.47 Å². The number of aryl methyl sites for hydroxylation is 1. The van der Waals surface area contributed by atoms with Gasteiger partial charge < -0.3 is 14.2 Å². The van der Waals surface area contributed by atoms with Crippen LogP contribution in [0.3, 0.4) is 0 Å². The van der Waals surface area contributed by atoms with Crippen LogP contribution in [0.2, 0.25) is 0 Å². The molecular weight excluding hydrogens is 240 g/mol. The fraction of sp³-hybridized carbons (Fsp3) is 0.400. The predicted octanol–water partition coefficient (Wildman–Crippen LogP) is 2.24. The number of benzene rings is 1. The number of ether oxygens (including phenoxy) is 1. The van der Waals surface area contributed by atoms with Crippen LogP contribution in [-0.2, 0) is 7.05 Å². The normalized spacial score (nSPS) is 11.3. The number of hydrogen-bond acceptors (Lipinski definition) is 3. The largest absolute Gasteiger partial charge is 0.497 e. The average Bonchev–Trinajstić information content (AvgIpc) is 2.60. The second-order valence-electron chi connectivity index (χ2n) is 5.06. The Balaban J connectivity index is 2.64. The van der Waals surface area contributed by atoms with Gasteiger partial charge in [0, 0.05) is 29.2 Å². The number of hydrogen-bond donors (Lipinski definition) is 0. The van der Waals surface area contributed by atoms with Crippen LogP contribution in [0.5, 0.6) is 5.75 Å². The van der Waals surface area contributed by atoms with Gasteiger partial charge in [-0.3, -0.25) is 4.79 Å². The van der Waals surface area contributed by atoms with Gasteiger partial charge in [0.1, 0.15) is 5.75 Å². The number of likely N-dealkylation sites (N-methyl/N-ethyl adjacent to an activating group) is 1. The molecule has 0 aliphatic rings. The number of methoxy groups -OCH3 is 1. The van der Waals surface area contributed by atoms with Crippen molar-refractivity contribution in [2.24, 2.45) is 7.05 Å². The van der Waals surface area contributed by atoms with Crippen LogP contribution >= 0.6 is 0 Å². The summed E-state index contributed by atoms with van der Waals surface area (Å²) >= 11 is 0. The molecular formula is C15H20N2O2. The van der Waals surface area contributed by atoms with Gasteiger partial charge in [-0.2, -0.15) is 0 Å². The molecule has 2 aromatic rings. The van der Waals surface area contributed by atoms with Gasteiger partial charge in [0.25, 0.3) is 0 Å². The number of fused-ring (bicyclic) bond motifs is 1. The molecule has 1 aromatic carbocycles. The molecule has 0 N–H and O–H groups in total. The molecule has 0 amide bonds. The maximum atomic E-state index is 12.4. The zero-order chi connectivity index (χ0) is 14.2. The molecule has 0 spiro atoms. The molecule has 2 rings (SSSR count). The molecule has 0 saturated carbocycles. The Kier molecular flexibility index (Phi) is 3.62. The van der Waals surface area contributed by atoms with Crippen molar-refractivity contribution in [3.8, 4) is 5.75 Å². The zero-order valence-corrected chi connectivity index (χ0v) is 12.2. The molecule has 0 aliphatic carbocycles. The minimum Gasteiger partial charge on any atom is -0.497 e. The molecule has 0 aliphatic heterocycles. The summed E-state index contributed by atoms with van der Waals surface area (Å²) in [6, 6.07) is 5.85. The Morgan fingerprint density at radius 1 is 1.37 bits per heavy atom. The summed E-state index contributed by atoms with van der Waals surface area (Å²) in [5.41, 5.74) is 2.85. The van der Waals surface area contributed by atoms with Crippen LogP contribution in [0.1, 0.15) is 16.1 Å². The quantitative estimate of drug-likeness (QED) is 0.791. The topological polar surface area (TPSA) is 34.5 Å². The number of rotatable bonds is 4. The Hall–Kier alpha value is -1.81. The van der Waals surface area contributed by atoms with E-state index in [1.807, 2.05) is 51.2 Å². The smallest absolute Gasteiger partial charge is 0.179 e. The molecule has 0 radical (unpaired) electrons. The van der Waals surface area contributed by atoms with Crippen molar-refractivity contribution < 1.29 is 9.53 Å². The van der Waals surface area contributed by atoms with E-state index in [9.17, 15) is 4.79 Å². The number of carbonyl (C=O) groups excluding carboxylic acids is 1. The van der Waals surface area contributed by atoms with E-state index >= 15 is 0 Å². The maximum Gasteiger partial charge on any atom is 0.179 e. The van der Waals surface area contributed by atoms with Crippen molar-refractivity contribution in [2.75, 3.05) is 27.7 Å². The fourth-order valence-electron chi connectivity index (χ4n) is 2.40. The van der Waals surface area contributed by atoms with Crippen LogP contribution in [0.25, 0.3) is 10.9 Å². The lowest BCUT2D eigenvalue weighted by atomic mass is 10.1. The van der Waals surface area contributed by atoms with E-state index in [1.54, 1.807) is 7.11 Å². The van der Waals surface area contributed by atoms with Gasteiger partial charge in [-0.15, -0.1) is 0 Å². The highest BCUT2D eigenvalue weighted by atomic mass is 16.5. The van der Waals surface area contributed by atoms with E-state index in [0.717, 1.165) is 27.9 Å². The molecule has 0 fully saturated rings. The molecule has 0 bridgehead atoms. The van der Waals surface area contributed by atoms with Crippen molar-refractivity contribution in [1.29, 1.82) is 0 Å². The van der Waals surface area contributed by atoms with Gasteiger partial charge in [0.15, 0.2) is 5.78 Å². The van der Waals surface area contributed by atoms with Crippen molar-refractivity contribution in [2.45, 2.75) is 6.92 Å². The van der Waals surface area contributed by atoms with Crippen LogP contribution in [-0.4, -0.2) is 43.0 Å². The van der Waals surface area contributed by atoms with Gasteiger partial charge in [0.2, 0.25) is 0 Å². The third-order valence-electron chi connectivity index (χ3n) is 3.44. The molecule has 4 nitrogen and oxygen atoms in total. The second-order valence-corrected chi connectivity index (χ2v) is 5.06. The lowest BCUT2D eigenvalue weighted by molar-refractivity contribution is 0.0958. The Labute approximate surface area is 113 Å². The summed E-state index contributed by atoms with van der Waals surface area (Å²) in [6.45, 7) is 2.40. The first-order valence-corrected chi connectivity index (χ1v) is 6.26. The highest BCUT2D eigenvalue weighted by Gasteiger charge is 2.19. The van der Waals surface area contributed by atoms with Crippen LogP contribution in [0, 0.1) is 6.92 Å². The summed E-state index contributed by atoms with van der Waals surface area (Å²) in [6.07, 6.45) is 0. The molecule has 0 atom stereocenters. The van der Waals surface area contributed by atoms with Gasteiger partial charge in [-0.25, -0.2) is 0 Å². The molecule has 1 aromatic heterocycles. The van der Waals surface area contributed by atoms with E-state index in [4.69, 9.17) is 4.74 Å². The minimum atomic E-state index is 0.140. The van der Waals surface area contributed by atoms with Gasteiger partial charge >= 0.3 is 0 Å². The van der Waals surface area contributed by atoms with E-state index < -0.39 is 0 Å². The molecule has 4 heteroatoms. The molecule has 102 valence electrons. The van der Waals surface area contributed by atoms with Crippen molar-refractivity contribution in [3.63, 3.8) is 0 Å². The highest BCUT2D eigenvalue weighted by Crippen LogP contribution is 2.28. The third-order valence-corrected chi connectivity index (χ3v) is 3.44. The van der Waals surface area contributed by atoms with Gasteiger partial charge in [0.05, 0.1) is 13.7 Å². The SMILES string of the molecule is COc1ccc2c(c1)c(C(=O)CN(C)C)c(C)n2C. The van der Waals surface area contributed by atoms with Gasteiger partial charge in [-0.1, -0.05) is 0 Å². The average molecular weight is 260 g/mol. The Morgan fingerprint density at radius 2 is 2.05 bits per heavy atom. The van der Waals surface area contributed by atoms with Gasteiger partial charge in [-0.05, 0) is 39.2 Å². The first-order valence-electron chi connectivity index (χ1n) is 6.26. The van der Waals surface area contributed by atoms with E-state index in [1.165, 1.54) is 0 Å². The Bertz CT molecular complexity index is 627. The molecule has 0 saturated heterocycles. The van der Waals surface area contributed by atoms with Crippen molar-refractivity contribution in [3.05, 3.63) is 29.5 Å². The Morgan fingerprint density at radius 3 is 2.63 bits per heavy atom. The molecule has 1 heterocycles. The molecule has 19 heavy (non-hydrogen) atoms. The summed E-state index contributed by atoms with van der Waals surface area (Å²) in [5.74, 6) is 0.915. The maximum absolute atomic E-state index is 12.4. The number of aromatic nitrogens is 1. The summed E-state index contributed by atoms with van der Waals surface area (Å²) in [5, 5.41) is 0.964. The standard InChI is InChI=1S/C15H20N2O2/c1-10-15(14(18)9-16(2)3)12-8-11(19-5)6-7-13(12)17(10)4/h6-8H,9H2,1-5H3. The van der Waals surface area contributed by atoms with E-state index in [-0.39, 0.29) is 5.78 Å². The van der Waals surface area contributed by atoms with E-state index in [0.29, 0.717) is 6.54 Å². The predicted molar refractivity (Wildman–Crippen MR) is 77.1 cm³/mol. The lowest BCUT2D eigenvalue weighted by Crippen LogP contribution is -2.22. The van der Waals surface area contributed by atoms with Crippen molar-refractivity contribution >= 4 is 16.7 Å². The van der Waals surface area contributed by atoms with Crippen LogP contribution in [0.4, 0.5) is 0 Å². The first-order chi connectivity index (χ1) is 8.95. The summed E-state index contributed by atoms with van der Waals surface area (Å²) in [7, 11) is 7.42.